The molecular formula is C24H31N6O8PS. The first kappa shape index (κ1) is 28.7. The normalized spacial score (nSPS) is 31.2. The number of carbonyl (C=O) groups is 1. The average Bonchev–Trinajstić information content (AvgIpc) is 3.45. The zero-order valence-electron chi connectivity index (χ0n) is 22.0. The van der Waals surface area contributed by atoms with Crippen molar-refractivity contribution in [1.29, 1.82) is 0 Å². The molecule has 16 heteroatoms. The molecule has 0 bridgehead atoms. The number of imidazole rings is 1. The van der Waals surface area contributed by atoms with Gasteiger partial charge < -0.3 is 34.7 Å². The molecule has 7 atom stereocenters. The number of aromatic nitrogens is 4. The lowest BCUT2D eigenvalue weighted by molar-refractivity contribution is -0.150. The first-order valence-corrected chi connectivity index (χ1v) is 15.8. The molecule has 216 valence electrons. The Balaban J connectivity index is 1.25. The van der Waals surface area contributed by atoms with Gasteiger partial charge >= 0.3 is 12.7 Å². The molecule has 5 rings (SSSR count). The summed E-state index contributed by atoms with van der Waals surface area (Å²) < 4.78 is 37.4. The molecule has 14 nitrogen and oxygen atoms in total. The van der Waals surface area contributed by atoms with Gasteiger partial charge in [-0.1, -0.05) is 41.7 Å². The molecule has 3 aromatic rings. The number of benzene rings is 1. The number of aliphatic hydroxyl groups excluding tert-OH is 1. The van der Waals surface area contributed by atoms with Gasteiger partial charge in [0.25, 0.3) is 0 Å². The van der Waals surface area contributed by atoms with Crippen LogP contribution < -0.4 is 15.6 Å². The van der Waals surface area contributed by atoms with Crippen molar-refractivity contribution < 1.29 is 38.3 Å². The van der Waals surface area contributed by atoms with E-state index in [4.69, 9.17) is 24.5 Å². The highest BCUT2D eigenvalue weighted by atomic mass is 32.7. The number of nitrogens with two attached hydrogens (primary N) is 1. The number of hydrogen-bond acceptors (Lipinski definition) is 13. The molecule has 0 aliphatic carbocycles. The quantitative estimate of drug-likeness (QED) is 0.218. The van der Waals surface area contributed by atoms with Gasteiger partial charge in [-0.05, 0) is 25.8 Å². The molecule has 0 amide bonds. The summed E-state index contributed by atoms with van der Waals surface area (Å²) in [4.78, 5) is 25.2. The lowest BCUT2D eigenvalue weighted by atomic mass is 9.96. The molecule has 4 heterocycles. The summed E-state index contributed by atoms with van der Waals surface area (Å²) in [6.07, 6.45) is -2.35. The second kappa shape index (κ2) is 11.2. The minimum Gasteiger partial charge on any atom is -0.479 e. The number of nitrogens with zero attached hydrogens (tertiary/aromatic N) is 4. The summed E-state index contributed by atoms with van der Waals surface area (Å²) in [6.45, 7) is -0.748. The Bertz CT molecular complexity index is 1430. The predicted octanol–water partition coefficient (Wildman–Crippen LogP) is 1.95. The van der Waals surface area contributed by atoms with Crippen LogP contribution in [-0.4, -0.2) is 79.0 Å². The summed E-state index contributed by atoms with van der Waals surface area (Å²) in [6, 6.07) is 8.46. The fourth-order valence-electron chi connectivity index (χ4n) is 4.65. The number of rotatable bonds is 8. The SMILES string of the molecule is COc1nc(N)nc2c1ncn2C1OC(COP2(=O)NC(C(=O)O[C@@H](C)c3ccccc3)CCS2)[C@@H](O)[C@@]1(C)O. The van der Waals surface area contributed by atoms with Crippen LogP contribution in [0.3, 0.4) is 0 Å². The van der Waals surface area contributed by atoms with E-state index in [1.54, 1.807) is 6.92 Å². The highest BCUT2D eigenvalue weighted by Crippen LogP contribution is 2.59. The van der Waals surface area contributed by atoms with Gasteiger partial charge in [0.2, 0.25) is 11.8 Å². The van der Waals surface area contributed by atoms with Crippen LogP contribution in [0.1, 0.15) is 38.2 Å². The molecule has 0 saturated carbocycles. The monoisotopic (exact) mass is 594 g/mol. The van der Waals surface area contributed by atoms with Crippen LogP contribution in [0.5, 0.6) is 5.88 Å². The Morgan fingerprint density at radius 1 is 1.38 bits per heavy atom. The molecule has 2 aromatic heterocycles. The standard InChI is InChI=1S/C24H31N6O8PS/c1-13(14-7-5-4-6-8-14)37-21(32)15-9-10-40-39(34,29-15)36-11-16-18(31)24(2,33)22(38-16)30-12-26-17-19(30)27-23(25)28-20(17)35-3/h4-8,12-13,15-16,18,22,31,33H,9-11H2,1-3H3,(H,29,34)(H2,25,27,28)/t13-,15?,16?,18+,22?,24+,39?/m0/s1. The van der Waals surface area contributed by atoms with Crippen LogP contribution in [0, 0.1) is 0 Å². The number of ether oxygens (including phenoxy) is 3. The van der Waals surface area contributed by atoms with Crippen molar-refractivity contribution >= 4 is 41.2 Å². The van der Waals surface area contributed by atoms with Crippen molar-refractivity contribution in [2.45, 2.75) is 56.5 Å². The number of aliphatic hydroxyl groups is 2. The van der Waals surface area contributed by atoms with Crippen LogP contribution in [-0.2, 0) is 23.4 Å². The van der Waals surface area contributed by atoms with Crippen molar-refractivity contribution in [3.05, 3.63) is 42.2 Å². The summed E-state index contributed by atoms with van der Waals surface area (Å²) in [5.41, 5.74) is 5.34. The average molecular weight is 595 g/mol. The molecule has 1 aromatic carbocycles. The lowest BCUT2D eigenvalue weighted by Gasteiger charge is -2.30. The maximum Gasteiger partial charge on any atom is 0.327 e. The van der Waals surface area contributed by atoms with Crippen LogP contribution in [0.15, 0.2) is 36.7 Å². The third kappa shape index (κ3) is 5.55. The molecule has 4 unspecified atom stereocenters. The minimum atomic E-state index is -3.58. The Morgan fingerprint density at radius 2 is 2.12 bits per heavy atom. The molecular weight excluding hydrogens is 563 g/mol. The van der Waals surface area contributed by atoms with E-state index in [9.17, 15) is 19.6 Å². The van der Waals surface area contributed by atoms with Crippen molar-refractivity contribution in [2.75, 3.05) is 25.2 Å². The van der Waals surface area contributed by atoms with Gasteiger partial charge in [-0.2, -0.15) is 9.97 Å². The van der Waals surface area contributed by atoms with Crippen LogP contribution in [0.25, 0.3) is 11.2 Å². The maximum absolute atomic E-state index is 13.5. The number of carbonyl (C=O) groups excluding carboxylic acids is 1. The van der Waals surface area contributed by atoms with Crippen LogP contribution >= 0.6 is 18.1 Å². The second-order valence-corrected chi connectivity index (χ2v) is 14.1. The fourth-order valence-corrected chi connectivity index (χ4v) is 8.46. The first-order chi connectivity index (χ1) is 19.0. The van der Waals surface area contributed by atoms with E-state index in [1.165, 1.54) is 24.9 Å². The smallest absolute Gasteiger partial charge is 0.327 e. The van der Waals surface area contributed by atoms with Crippen LogP contribution in [0.2, 0.25) is 0 Å². The third-order valence-corrected chi connectivity index (χ3v) is 10.9. The van der Waals surface area contributed by atoms with Crippen molar-refractivity contribution in [3.63, 3.8) is 0 Å². The van der Waals surface area contributed by atoms with Crippen molar-refractivity contribution in [3.8, 4) is 5.88 Å². The lowest BCUT2D eigenvalue weighted by Crippen LogP contribution is -2.44. The number of methoxy groups -OCH3 is 1. The Hall–Kier alpha value is -2.78. The van der Waals surface area contributed by atoms with E-state index in [-0.39, 0.29) is 29.6 Å². The fraction of sp³-hybridized carbons (Fsp3) is 0.500. The molecule has 5 N–H and O–H groups in total. The van der Waals surface area contributed by atoms with Gasteiger partial charge in [0.15, 0.2) is 17.4 Å². The number of esters is 1. The van der Waals surface area contributed by atoms with E-state index < -0.39 is 48.9 Å². The zero-order valence-corrected chi connectivity index (χ0v) is 23.7. The summed E-state index contributed by atoms with van der Waals surface area (Å²) in [5, 5.41) is 24.9. The van der Waals surface area contributed by atoms with Crippen molar-refractivity contribution in [2.24, 2.45) is 0 Å². The van der Waals surface area contributed by atoms with Crippen LogP contribution in [0.4, 0.5) is 5.95 Å². The van der Waals surface area contributed by atoms with Gasteiger partial charge in [-0.3, -0.25) is 13.9 Å². The Labute approximate surface area is 233 Å². The molecule has 40 heavy (non-hydrogen) atoms. The van der Waals surface area contributed by atoms with E-state index in [1.807, 2.05) is 30.3 Å². The topological polar surface area (TPSA) is 193 Å². The van der Waals surface area contributed by atoms with Gasteiger partial charge in [-0.25, -0.2) is 10.1 Å². The molecule has 0 radical (unpaired) electrons. The number of nitrogens with one attached hydrogen (secondary N) is 1. The summed E-state index contributed by atoms with van der Waals surface area (Å²) in [7, 11) is 1.41. The molecule has 2 fully saturated rings. The number of nitrogen functional groups attached to an aromatic ring is 1. The van der Waals surface area contributed by atoms with Gasteiger partial charge in [0.05, 0.1) is 20.0 Å². The maximum atomic E-state index is 13.5. The number of anilines is 1. The highest BCUT2D eigenvalue weighted by Gasteiger charge is 2.54. The van der Waals surface area contributed by atoms with Crippen molar-refractivity contribution in [1.82, 2.24) is 24.6 Å². The predicted molar refractivity (Wildman–Crippen MR) is 145 cm³/mol. The largest absolute Gasteiger partial charge is 0.479 e. The van der Waals surface area contributed by atoms with Gasteiger partial charge in [-0.15, -0.1) is 0 Å². The first-order valence-electron chi connectivity index (χ1n) is 12.5. The molecule has 0 spiro atoms. The van der Waals surface area contributed by atoms with E-state index in [0.29, 0.717) is 12.2 Å². The van der Waals surface area contributed by atoms with E-state index >= 15 is 0 Å². The molecule has 2 aliphatic rings. The zero-order chi connectivity index (χ0) is 28.7. The second-order valence-electron chi connectivity index (χ2n) is 9.70. The Kier molecular flexibility index (Phi) is 8.08. The van der Waals surface area contributed by atoms with Gasteiger partial charge in [0.1, 0.15) is 30.0 Å². The van der Waals surface area contributed by atoms with Gasteiger partial charge in [0, 0.05) is 5.75 Å². The molecule has 2 saturated heterocycles. The highest BCUT2D eigenvalue weighted by molar-refractivity contribution is 8.56. The van der Waals surface area contributed by atoms with E-state index in [2.05, 4.69) is 20.0 Å². The molecule has 2 aliphatic heterocycles. The minimum absolute atomic E-state index is 0.0751. The third-order valence-electron chi connectivity index (χ3n) is 6.84. The number of hydrogen-bond donors (Lipinski definition) is 4. The summed E-state index contributed by atoms with van der Waals surface area (Å²) >= 11 is 1.05. The van der Waals surface area contributed by atoms with E-state index in [0.717, 1.165) is 16.9 Å². The number of fused-ring (bicyclic) bond motifs is 1. The Morgan fingerprint density at radius 3 is 2.85 bits per heavy atom. The summed E-state index contributed by atoms with van der Waals surface area (Å²) in [5.74, 6) is -0.0791.